The third kappa shape index (κ3) is 3.81. The first-order valence-electron chi connectivity index (χ1n) is 6.76. The third-order valence-corrected chi connectivity index (χ3v) is 3.82. The van der Waals surface area contributed by atoms with Crippen LogP contribution in [0.1, 0.15) is 26.3 Å². The molecule has 2 rings (SSSR count). The maximum atomic E-state index is 13.8. The summed E-state index contributed by atoms with van der Waals surface area (Å²) >= 11 is 3.21. The molecule has 114 valence electrons. The number of nitro groups is 1. The molecule has 0 aliphatic rings. The van der Waals surface area contributed by atoms with Gasteiger partial charge in [-0.15, -0.1) is 0 Å². The van der Waals surface area contributed by atoms with Gasteiger partial charge in [-0.3, -0.25) is 10.1 Å². The van der Waals surface area contributed by atoms with Gasteiger partial charge in [0, 0.05) is 35.0 Å². The van der Waals surface area contributed by atoms with Crippen LogP contribution in [0, 0.1) is 21.3 Å². The maximum absolute atomic E-state index is 13.8. The van der Waals surface area contributed by atoms with Crippen molar-refractivity contribution in [2.75, 3.05) is 6.54 Å². The largest absolute Gasteiger partial charge is 0.347 e. The molecule has 2 aromatic rings. The zero-order valence-electron chi connectivity index (χ0n) is 12.3. The van der Waals surface area contributed by atoms with E-state index in [0.717, 1.165) is 23.0 Å². The molecule has 4 nitrogen and oxygen atoms in total. The summed E-state index contributed by atoms with van der Waals surface area (Å²) in [6.07, 6.45) is 2.22. The third-order valence-electron chi connectivity index (χ3n) is 3.21. The van der Waals surface area contributed by atoms with Crippen LogP contribution in [0.5, 0.6) is 0 Å². The van der Waals surface area contributed by atoms with Crippen LogP contribution in [0.15, 0.2) is 22.8 Å². The standard InChI is InChI=1S/C15H18BrFN2O2/c1-15(2,3)9-18-8-10(4-5-19(20)21)11-6-13(17)12(16)7-14(11)18/h6-8H,4-5,9H2,1-3H3. The lowest BCUT2D eigenvalue weighted by Gasteiger charge is -2.19. The maximum Gasteiger partial charge on any atom is 0.207 e. The van der Waals surface area contributed by atoms with Crippen molar-refractivity contribution < 1.29 is 9.31 Å². The summed E-state index contributed by atoms with van der Waals surface area (Å²) in [6.45, 7) is 6.97. The topological polar surface area (TPSA) is 48.1 Å². The molecule has 0 aliphatic heterocycles. The molecule has 0 saturated carbocycles. The minimum Gasteiger partial charge on any atom is -0.347 e. The molecule has 1 aromatic heterocycles. The number of halogens is 2. The van der Waals surface area contributed by atoms with Crippen LogP contribution >= 0.6 is 15.9 Å². The van der Waals surface area contributed by atoms with E-state index in [-0.39, 0.29) is 22.7 Å². The summed E-state index contributed by atoms with van der Waals surface area (Å²) in [7, 11) is 0. The van der Waals surface area contributed by atoms with Gasteiger partial charge in [-0.2, -0.15) is 0 Å². The molecular weight excluding hydrogens is 339 g/mol. The molecule has 1 heterocycles. The van der Waals surface area contributed by atoms with E-state index in [2.05, 4.69) is 41.3 Å². The fraction of sp³-hybridized carbons (Fsp3) is 0.467. The normalized spacial score (nSPS) is 12.0. The average molecular weight is 357 g/mol. The molecule has 1 aromatic carbocycles. The van der Waals surface area contributed by atoms with Crippen molar-refractivity contribution in [2.45, 2.75) is 33.7 Å². The van der Waals surface area contributed by atoms with Crippen molar-refractivity contribution in [3.63, 3.8) is 0 Å². The molecule has 0 atom stereocenters. The second kappa shape index (κ2) is 5.75. The molecule has 21 heavy (non-hydrogen) atoms. The van der Waals surface area contributed by atoms with Crippen LogP contribution in [-0.2, 0) is 13.0 Å². The Morgan fingerprint density at radius 3 is 2.62 bits per heavy atom. The molecule has 0 radical (unpaired) electrons. The average Bonchev–Trinajstić information content (AvgIpc) is 2.63. The summed E-state index contributed by atoms with van der Waals surface area (Å²) in [5.74, 6) is -0.349. The Hall–Kier alpha value is -1.43. The van der Waals surface area contributed by atoms with Gasteiger partial charge in [0.15, 0.2) is 0 Å². The molecule has 0 fully saturated rings. The predicted molar refractivity (Wildman–Crippen MR) is 84.6 cm³/mol. The molecule has 0 N–H and O–H groups in total. The van der Waals surface area contributed by atoms with Gasteiger partial charge in [0.25, 0.3) is 0 Å². The van der Waals surface area contributed by atoms with Gasteiger partial charge in [0.1, 0.15) is 5.82 Å². The van der Waals surface area contributed by atoms with Crippen LogP contribution in [0.25, 0.3) is 10.9 Å². The second-order valence-electron chi connectivity index (χ2n) is 6.43. The van der Waals surface area contributed by atoms with Crippen LogP contribution < -0.4 is 0 Å². The van der Waals surface area contributed by atoms with E-state index in [9.17, 15) is 14.5 Å². The lowest BCUT2D eigenvalue weighted by Crippen LogP contribution is -2.14. The highest BCUT2D eigenvalue weighted by Crippen LogP contribution is 2.30. The summed E-state index contributed by atoms with van der Waals surface area (Å²) < 4.78 is 16.2. The van der Waals surface area contributed by atoms with E-state index >= 15 is 0 Å². The molecule has 0 amide bonds. The lowest BCUT2D eigenvalue weighted by atomic mass is 9.97. The number of nitrogens with zero attached hydrogens (tertiary/aromatic N) is 2. The minimum absolute atomic E-state index is 0.0627. The van der Waals surface area contributed by atoms with Gasteiger partial charge in [-0.05, 0) is 39.0 Å². The highest BCUT2D eigenvalue weighted by Gasteiger charge is 2.17. The molecule has 0 bridgehead atoms. The van der Waals surface area contributed by atoms with Crippen LogP contribution in [0.3, 0.4) is 0 Å². The first-order valence-corrected chi connectivity index (χ1v) is 7.55. The molecule has 0 saturated heterocycles. The van der Waals surface area contributed by atoms with Gasteiger partial charge in [-0.1, -0.05) is 20.8 Å². The van der Waals surface area contributed by atoms with Crippen molar-refractivity contribution in [1.29, 1.82) is 0 Å². The number of aromatic nitrogens is 1. The van der Waals surface area contributed by atoms with Crippen LogP contribution in [0.4, 0.5) is 4.39 Å². The second-order valence-corrected chi connectivity index (χ2v) is 7.29. The number of hydrogen-bond acceptors (Lipinski definition) is 2. The fourth-order valence-corrected chi connectivity index (χ4v) is 2.74. The van der Waals surface area contributed by atoms with Gasteiger partial charge in [-0.25, -0.2) is 4.39 Å². The smallest absolute Gasteiger partial charge is 0.207 e. The first-order chi connectivity index (χ1) is 9.67. The number of benzene rings is 1. The molecular formula is C15H18BrFN2O2. The van der Waals surface area contributed by atoms with E-state index in [1.807, 2.05) is 6.20 Å². The SMILES string of the molecule is CC(C)(C)Cn1cc(CC[N+](=O)[O-])c2cc(F)c(Br)cc21. The van der Waals surface area contributed by atoms with E-state index in [4.69, 9.17) is 0 Å². The summed E-state index contributed by atoms with van der Waals surface area (Å²) in [5, 5.41) is 11.3. The lowest BCUT2D eigenvalue weighted by molar-refractivity contribution is -0.479. The zero-order chi connectivity index (χ0) is 15.8. The highest BCUT2D eigenvalue weighted by atomic mass is 79.9. The minimum atomic E-state index is -0.349. The van der Waals surface area contributed by atoms with Crippen molar-refractivity contribution >= 4 is 26.8 Å². The first kappa shape index (κ1) is 15.9. The van der Waals surface area contributed by atoms with Crippen LogP contribution in [0.2, 0.25) is 0 Å². The van der Waals surface area contributed by atoms with Crippen molar-refractivity contribution in [1.82, 2.24) is 4.57 Å². The Labute approximate surface area is 131 Å². The number of hydrogen-bond donors (Lipinski definition) is 0. The van der Waals surface area contributed by atoms with E-state index in [1.165, 1.54) is 6.07 Å². The van der Waals surface area contributed by atoms with Crippen LogP contribution in [-0.4, -0.2) is 16.0 Å². The highest BCUT2D eigenvalue weighted by molar-refractivity contribution is 9.10. The quantitative estimate of drug-likeness (QED) is 0.601. The van der Waals surface area contributed by atoms with E-state index in [1.54, 1.807) is 6.07 Å². The van der Waals surface area contributed by atoms with Crippen molar-refractivity contribution in [3.05, 3.63) is 44.3 Å². The summed E-state index contributed by atoms with van der Waals surface area (Å²) in [4.78, 5) is 10.2. The molecule has 0 aliphatic carbocycles. The van der Waals surface area contributed by atoms with Gasteiger partial charge in [0.05, 0.1) is 4.47 Å². The number of fused-ring (bicyclic) bond motifs is 1. The Morgan fingerprint density at radius 1 is 1.38 bits per heavy atom. The fourth-order valence-electron chi connectivity index (χ4n) is 2.41. The van der Waals surface area contributed by atoms with E-state index < -0.39 is 0 Å². The Kier molecular flexibility index (Phi) is 4.37. The van der Waals surface area contributed by atoms with Gasteiger partial charge in [0.2, 0.25) is 6.54 Å². The summed E-state index contributed by atoms with van der Waals surface area (Å²) in [5.41, 5.74) is 1.78. The van der Waals surface area contributed by atoms with E-state index in [0.29, 0.717) is 10.9 Å². The molecule has 0 unspecified atom stereocenters. The van der Waals surface area contributed by atoms with Crippen molar-refractivity contribution in [2.24, 2.45) is 5.41 Å². The molecule has 6 heteroatoms. The Morgan fingerprint density at radius 2 is 2.05 bits per heavy atom. The predicted octanol–water partition coefficient (Wildman–Crippen LogP) is 4.41. The van der Waals surface area contributed by atoms with Gasteiger partial charge < -0.3 is 4.57 Å². The Bertz CT molecular complexity index is 689. The summed E-state index contributed by atoms with van der Waals surface area (Å²) in [6, 6.07) is 3.19. The van der Waals surface area contributed by atoms with Crippen molar-refractivity contribution in [3.8, 4) is 0 Å². The monoisotopic (exact) mass is 356 g/mol. The zero-order valence-corrected chi connectivity index (χ0v) is 13.9. The Balaban J connectivity index is 2.53. The number of rotatable bonds is 4. The molecule has 0 spiro atoms. The van der Waals surface area contributed by atoms with Gasteiger partial charge >= 0.3 is 0 Å².